The number of fused-ring (bicyclic) bond motifs is 1. The Morgan fingerprint density at radius 3 is 1.04 bits per heavy atom. The van der Waals surface area contributed by atoms with Crippen LogP contribution in [-0.2, 0) is 0 Å². The molecule has 0 unspecified atom stereocenters. The molecule has 5 heteroatoms. The number of amides is 2. The smallest absolute Gasteiger partial charge is 0.269 e. The predicted octanol–water partition coefficient (Wildman–Crippen LogP) is 14.3. The van der Waals surface area contributed by atoms with E-state index in [4.69, 9.17) is 15.5 Å². The van der Waals surface area contributed by atoms with Crippen LogP contribution in [0.3, 0.4) is 0 Å². The third kappa shape index (κ3) is 16.7. The van der Waals surface area contributed by atoms with Gasteiger partial charge >= 0.3 is 256 Å². The van der Waals surface area contributed by atoms with Crippen LogP contribution in [0.4, 0.5) is 0 Å². The fourth-order valence-electron chi connectivity index (χ4n) is 7.81. The standard InChI is InChI=1S/C42H75BrNO2P/c1-4-7-10-13-21-28-35-47(43,36-29-22-14-11-8-5-2,37-30-23-15-12-9-6-3)38-31-24-19-17-16-18-20-27-34-44-41(45)39-32-25-26-33-40(39)42(44)46/h25-26,32-33H,4-24,27-31,34-38H2,1-3H3. The molecule has 1 aliphatic rings. The molecule has 1 aromatic rings. The average molecular weight is 737 g/mol. The van der Waals surface area contributed by atoms with E-state index in [1.54, 1.807) is 12.1 Å². The molecule has 3 nitrogen and oxygen atoms in total. The molecular weight excluding hydrogens is 661 g/mol. The summed E-state index contributed by atoms with van der Waals surface area (Å²) >= 11 is 4.78. The van der Waals surface area contributed by atoms with Crippen LogP contribution in [0.1, 0.15) is 208 Å². The third-order valence-electron chi connectivity index (χ3n) is 10.9. The van der Waals surface area contributed by atoms with Gasteiger partial charge < -0.3 is 0 Å². The second-order valence-electron chi connectivity index (χ2n) is 15.2. The second kappa shape index (κ2) is 25.3. The molecule has 0 N–H and O–H groups in total. The first kappa shape index (κ1) is 42.4. The van der Waals surface area contributed by atoms with Crippen LogP contribution in [0.25, 0.3) is 0 Å². The zero-order valence-electron chi connectivity index (χ0n) is 31.3. The molecule has 272 valence electrons. The van der Waals surface area contributed by atoms with E-state index in [1.807, 2.05) is 12.1 Å². The van der Waals surface area contributed by atoms with Gasteiger partial charge in [-0.25, -0.2) is 0 Å². The molecule has 2 rings (SSSR count). The monoisotopic (exact) mass is 735 g/mol. The minimum atomic E-state index is -1.88. The van der Waals surface area contributed by atoms with E-state index in [9.17, 15) is 9.59 Å². The van der Waals surface area contributed by atoms with E-state index in [-0.39, 0.29) is 11.8 Å². The van der Waals surface area contributed by atoms with Crippen molar-refractivity contribution in [1.82, 2.24) is 4.90 Å². The van der Waals surface area contributed by atoms with Crippen molar-refractivity contribution in [3.63, 3.8) is 0 Å². The number of imide groups is 1. The fourth-order valence-corrected chi connectivity index (χ4v) is 16.2. The van der Waals surface area contributed by atoms with Crippen LogP contribution in [0.2, 0.25) is 0 Å². The minimum absolute atomic E-state index is 0.112. The van der Waals surface area contributed by atoms with E-state index >= 15 is 0 Å². The molecule has 0 aromatic heterocycles. The number of carbonyl (C=O) groups excluding carboxylic acids is 2. The molecule has 0 fully saturated rings. The van der Waals surface area contributed by atoms with Gasteiger partial charge in [-0.3, -0.25) is 9.59 Å². The van der Waals surface area contributed by atoms with Crippen molar-refractivity contribution in [1.29, 1.82) is 0 Å². The Hall–Kier alpha value is -0.730. The van der Waals surface area contributed by atoms with E-state index in [0.717, 1.165) is 12.8 Å². The van der Waals surface area contributed by atoms with Gasteiger partial charge in [0.1, 0.15) is 0 Å². The maximum absolute atomic E-state index is 12.6. The van der Waals surface area contributed by atoms with Crippen molar-refractivity contribution in [3.05, 3.63) is 35.4 Å². The van der Waals surface area contributed by atoms with Crippen molar-refractivity contribution in [2.24, 2.45) is 0 Å². The fraction of sp³-hybridized carbons (Fsp3) is 0.810. The molecule has 1 aromatic carbocycles. The third-order valence-corrected chi connectivity index (χ3v) is 20.9. The molecule has 0 radical (unpaired) electrons. The summed E-state index contributed by atoms with van der Waals surface area (Å²) in [6, 6.07) is 7.23. The van der Waals surface area contributed by atoms with Crippen LogP contribution in [0.15, 0.2) is 24.3 Å². The number of halogens is 1. The van der Waals surface area contributed by atoms with Gasteiger partial charge in [-0.05, 0) is 12.1 Å². The Morgan fingerprint density at radius 2 is 0.723 bits per heavy atom. The number of carbonyl (C=O) groups is 2. The Morgan fingerprint density at radius 1 is 0.447 bits per heavy atom. The predicted molar refractivity (Wildman–Crippen MR) is 214 cm³/mol. The Balaban J connectivity index is 1.79. The van der Waals surface area contributed by atoms with Gasteiger partial charge in [0.2, 0.25) is 0 Å². The molecule has 2 amide bonds. The van der Waals surface area contributed by atoms with Crippen LogP contribution < -0.4 is 0 Å². The first-order valence-corrected chi connectivity index (χ1v) is 25.6. The van der Waals surface area contributed by atoms with Gasteiger partial charge in [0.25, 0.3) is 0 Å². The van der Waals surface area contributed by atoms with Crippen molar-refractivity contribution >= 4 is 32.6 Å². The summed E-state index contributed by atoms with van der Waals surface area (Å²) in [4.78, 5) is 26.7. The van der Waals surface area contributed by atoms with Gasteiger partial charge in [-0.15, -0.1) is 0 Å². The van der Waals surface area contributed by atoms with E-state index in [2.05, 4.69) is 20.8 Å². The van der Waals surface area contributed by atoms with E-state index < -0.39 is 5.31 Å². The first-order valence-electron chi connectivity index (χ1n) is 20.6. The molecule has 0 spiro atoms. The van der Waals surface area contributed by atoms with Crippen LogP contribution in [0.5, 0.6) is 0 Å². The molecule has 0 atom stereocenters. The number of unbranched alkanes of at least 4 members (excludes halogenated alkanes) is 22. The number of hydrogen-bond acceptors (Lipinski definition) is 2. The second-order valence-corrected chi connectivity index (χ2v) is 26.6. The topological polar surface area (TPSA) is 37.4 Å². The van der Waals surface area contributed by atoms with Gasteiger partial charge in [-0.2, -0.15) is 0 Å². The summed E-state index contributed by atoms with van der Waals surface area (Å²) in [6.07, 6.45) is 41.3. The Labute approximate surface area is 300 Å². The van der Waals surface area contributed by atoms with Crippen molar-refractivity contribution in [2.45, 2.75) is 188 Å². The van der Waals surface area contributed by atoms with Gasteiger partial charge in [0, 0.05) is 0 Å². The normalized spacial score (nSPS) is 14.1. The molecule has 0 saturated carbocycles. The van der Waals surface area contributed by atoms with E-state index in [1.165, 1.54) is 184 Å². The van der Waals surface area contributed by atoms with Crippen molar-refractivity contribution in [3.8, 4) is 0 Å². The Kier molecular flexibility index (Phi) is 22.8. The maximum atomic E-state index is 12.6. The van der Waals surface area contributed by atoms with Gasteiger partial charge in [0.05, 0.1) is 11.1 Å². The summed E-state index contributed by atoms with van der Waals surface area (Å²) in [5, 5.41) is -1.88. The molecule has 47 heavy (non-hydrogen) atoms. The Bertz CT molecular complexity index is 903. The zero-order chi connectivity index (χ0) is 34.1. The molecule has 0 bridgehead atoms. The van der Waals surface area contributed by atoms with Crippen molar-refractivity contribution < 1.29 is 9.59 Å². The zero-order valence-corrected chi connectivity index (χ0v) is 33.8. The summed E-state index contributed by atoms with van der Waals surface area (Å²) in [7, 11) is 0. The minimum Gasteiger partial charge on any atom is -0.269 e. The van der Waals surface area contributed by atoms with Crippen LogP contribution >= 0.6 is 20.8 Å². The molecule has 0 saturated heterocycles. The number of nitrogens with zero attached hydrogens (tertiary/aromatic N) is 1. The summed E-state index contributed by atoms with van der Waals surface area (Å²) in [5.74, 6) is -0.224. The first-order chi connectivity index (χ1) is 22.9. The number of benzene rings is 1. The number of hydrogen-bond donors (Lipinski definition) is 0. The summed E-state index contributed by atoms with van der Waals surface area (Å²) in [5.41, 5.74) is 1.14. The van der Waals surface area contributed by atoms with Gasteiger partial charge in [0.15, 0.2) is 0 Å². The van der Waals surface area contributed by atoms with Crippen LogP contribution in [-0.4, -0.2) is 47.9 Å². The SMILES string of the molecule is CCCCCCCCP(Br)(CCCCCCCC)(CCCCCCCC)CCCCCCCCCCN1C(=O)c2ccccc2C1=O. The van der Waals surface area contributed by atoms with Crippen molar-refractivity contribution in [2.75, 3.05) is 31.2 Å². The summed E-state index contributed by atoms with van der Waals surface area (Å²) < 4.78 is 0. The average Bonchev–Trinajstić information content (AvgIpc) is 3.32. The molecule has 1 aliphatic heterocycles. The molecule has 0 aliphatic carbocycles. The van der Waals surface area contributed by atoms with E-state index in [0.29, 0.717) is 17.7 Å². The van der Waals surface area contributed by atoms with Crippen LogP contribution in [0, 0.1) is 0 Å². The molecular formula is C42H75BrNO2P. The number of rotatable bonds is 32. The molecule has 1 heterocycles. The van der Waals surface area contributed by atoms with Gasteiger partial charge in [-0.1, -0.05) is 12.1 Å². The summed E-state index contributed by atoms with van der Waals surface area (Å²) in [6.45, 7) is 7.54. The quantitative estimate of drug-likeness (QED) is 0.0420.